The van der Waals surface area contributed by atoms with Crippen LogP contribution in [0.5, 0.6) is 0 Å². The SMILES string of the molecule is O=C(c1ccccc1C(F)(F)F)C1CCCCN1. The molecule has 0 spiro atoms. The Hall–Kier alpha value is -1.36. The number of hydrogen-bond donors (Lipinski definition) is 1. The summed E-state index contributed by atoms with van der Waals surface area (Å²) in [5.41, 5.74) is -1.08. The monoisotopic (exact) mass is 257 g/mol. The summed E-state index contributed by atoms with van der Waals surface area (Å²) in [7, 11) is 0. The number of Topliss-reactive ketones (excluding diaryl/α,β-unsaturated/α-hetero) is 1. The third-order valence-electron chi connectivity index (χ3n) is 3.12. The van der Waals surface area contributed by atoms with Crippen LogP contribution in [0.3, 0.4) is 0 Å². The number of alkyl halides is 3. The zero-order chi connectivity index (χ0) is 13.2. The quantitative estimate of drug-likeness (QED) is 0.825. The van der Waals surface area contributed by atoms with Gasteiger partial charge in [-0.05, 0) is 25.5 Å². The molecule has 1 aromatic carbocycles. The number of piperidine rings is 1. The van der Waals surface area contributed by atoms with Crippen molar-refractivity contribution in [2.24, 2.45) is 0 Å². The average molecular weight is 257 g/mol. The van der Waals surface area contributed by atoms with Gasteiger partial charge in [0.2, 0.25) is 0 Å². The summed E-state index contributed by atoms with van der Waals surface area (Å²) >= 11 is 0. The first-order valence-electron chi connectivity index (χ1n) is 5.94. The normalized spacial score (nSPS) is 20.7. The van der Waals surface area contributed by atoms with E-state index in [4.69, 9.17) is 0 Å². The van der Waals surface area contributed by atoms with Gasteiger partial charge in [0.1, 0.15) is 0 Å². The number of halogens is 3. The smallest absolute Gasteiger partial charge is 0.307 e. The van der Waals surface area contributed by atoms with Crippen LogP contribution in [0.2, 0.25) is 0 Å². The molecule has 0 amide bonds. The molecule has 1 unspecified atom stereocenters. The van der Waals surface area contributed by atoms with Gasteiger partial charge in [0.05, 0.1) is 11.6 Å². The van der Waals surface area contributed by atoms with Crippen molar-refractivity contribution in [1.29, 1.82) is 0 Å². The van der Waals surface area contributed by atoms with Crippen LogP contribution in [0.25, 0.3) is 0 Å². The number of carbonyl (C=O) groups excluding carboxylic acids is 1. The fourth-order valence-corrected chi connectivity index (χ4v) is 2.21. The molecule has 18 heavy (non-hydrogen) atoms. The van der Waals surface area contributed by atoms with E-state index < -0.39 is 23.6 Å². The van der Waals surface area contributed by atoms with Crippen molar-refractivity contribution in [3.63, 3.8) is 0 Å². The predicted molar refractivity (Wildman–Crippen MR) is 61.4 cm³/mol. The number of benzene rings is 1. The van der Waals surface area contributed by atoms with Gasteiger partial charge < -0.3 is 5.32 Å². The van der Waals surface area contributed by atoms with Gasteiger partial charge >= 0.3 is 6.18 Å². The second-order valence-corrected chi connectivity index (χ2v) is 4.41. The molecular formula is C13H14F3NO. The second kappa shape index (κ2) is 5.10. The lowest BCUT2D eigenvalue weighted by atomic mass is 9.93. The molecule has 1 aliphatic heterocycles. The highest BCUT2D eigenvalue weighted by Crippen LogP contribution is 2.32. The molecule has 1 fully saturated rings. The van der Waals surface area contributed by atoms with Gasteiger partial charge in [0, 0.05) is 5.56 Å². The molecular weight excluding hydrogens is 243 g/mol. The van der Waals surface area contributed by atoms with E-state index in [-0.39, 0.29) is 5.56 Å². The van der Waals surface area contributed by atoms with Crippen molar-refractivity contribution in [3.8, 4) is 0 Å². The third-order valence-corrected chi connectivity index (χ3v) is 3.12. The number of ketones is 1. The highest BCUT2D eigenvalue weighted by atomic mass is 19.4. The van der Waals surface area contributed by atoms with Crippen molar-refractivity contribution >= 4 is 5.78 Å². The molecule has 1 saturated heterocycles. The largest absolute Gasteiger partial charge is 0.417 e. The van der Waals surface area contributed by atoms with Crippen molar-refractivity contribution in [3.05, 3.63) is 35.4 Å². The van der Waals surface area contributed by atoms with Crippen LogP contribution in [-0.4, -0.2) is 18.4 Å². The molecule has 1 atom stereocenters. The summed E-state index contributed by atoms with van der Waals surface area (Å²) < 4.78 is 38.4. The van der Waals surface area contributed by atoms with E-state index in [9.17, 15) is 18.0 Å². The molecule has 2 nitrogen and oxygen atoms in total. The van der Waals surface area contributed by atoms with Crippen molar-refractivity contribution in [2.45, 2.75) is 31.5 Å². The highest BCUT2D eigenvalue weighted by molar-refractivity contribution is 6.01. The number of rotatable bonds is 2. The fourth-order valence-electron chi connectivity index (χ4n) is 2.21. The molecule has 1 heterocycles. The number of carbonyl (C=O) groups is 1. The summed E-state index contributed by atoms with van der Waals surface area (Å²) in [6.45, 7) is 0.685. The molecule has 0 radical (unpaired) electrons. The van der Waals surface area contributed by atoms with Crippen molar-refractivity contribution in [2.75, 3.05) is 6.54 Å². The number of hydrogen-bond acceptors (Lipinski definition) is 2. The first-order valence-corrected chi connectivity index (χ1v) is 5.94. The lowest BCUT2D eigenvalue weighted by Gasteiger charge is -2.23. The molecule has 2 rings (SSSR count). The Labute approximate surface area is 103 Å². The Morgan fingerprint density at radius 3 is 2.56 bits per heavy atom. The predicted octanol–water partition coefficient (Wildman–Crippen LogP) is 3.03. The van der Waals surface area contributed by atoms with E-state index in [0.717, 1.165) is 18.9 Å². The van der Waals surface area contributed by atoms with Crippen molar-refractivity contribution in [1.82, 2.24) is 5.32 Å². The minimum atomic E-state index is -4.49. The average Bonchev–Trinajstić information content (AvgIpc) is 2.38. The first-order chi connectivity index (χ1) is 8.50. The Morgan fingerprint density at radius 2 is 1.94 bits per heavy atom. The zero-order valence-electron chi connectivity index (χ0n) is 9.76. The molecule has 0 bridgehead atoms. The molecule has 0 saturated carbocycles. The van der Waals surface area contributed by atoms with E-state index in [2.05, 4.69) is 5.32 Å². The maximum atomic E-state index is 12.8. The van der Waals surface area contributed by atoms with Crippen molar-refractivity contribution < 1.29 is 18.0 Å². The Morgan fingerprint density at radius 1 is 1.22 bits per heavy atom. The second-order valence-electron chi connectivity index (χ2n) is 4.41. The molecule has 0 aliphatic carbocycles. The maximum absolute atomic E-state index is 12.8. The molecule has 98 valence electrons. The molecule has 1 N–H and O–H groups in total. The summed E-state index contributed by atoms with van der Waals surface area (Å²) in [6, 6.07) is 4.48. The van der Waals surface area contributed by atoms with E-state index in [1.165, 1.54) is 18.2 Å². The maximum Gasteiger partial charge on any atom is 0.417 e. The summed E-state index contributed by atoms with van der Waals surface area (Å²) in [6.07, 6.45) is -2.05. The molecule has 1 aliphatic rings. The van der Waals surface area contributed by atoms with E-state index in [1.54, 1.807) is 0 Å². The van der Waals surface area contributed by atoms with E-state index in [0.29, 0.717) is 13.0 Å². The minimum Gasteiger partial charge on any atom is -0.307 e. The van der Waals surface area contributed by atoms with Crippen LogP contribution in [0.15, 0.2) is 24.3 Å². The van der Waals surface area contributed by atoms with Crippen LogP contribution in [0.4, 0.5) is 13.2 Å². The van der Waals surface area contributed by atoms with Crippen LogP contribution < -0.4 is 5.32 Å². The van der Waals surface area contributed by atoms with Gasteiger partial charge in [-0.3, -0.25) is 4.79 Å². The van der Waals surface area contributed by atoms with Crippen LogP contribution in [0.1, 0.15) is 35.2 Å². The molecule has 5 heteroatoms. The van der Waals surface area contributed by atoms with Crippen LogP contribution in [-0.2, 0) is 6.18 Å². The Balaban J connectivity index is 2.30. The third kappa shape index (κ3) is 2.72. The van der Waals surface area contributed by atoms with Gasteiger partial charge in [0.25, 0.3) is 0 Å². The van der Waals surface area contributed by atoms with Gasteiger partial charge in [-0.1, -0.05) is 24.6 Å². The van der Waals surface area contributed by atoms with Crippen LogP contribution >= 0.6 is 0 Å². The molecule has 1 aromatic rings. The van der Waals surface area contributed by atoms with Crippen LogP contribution in [0, 0.1) is 0 Å². The summed E-state index contributed by atoms with van der Waals surface area (Å²) in [5.74, 6) is -0.456. The number of nitrogens with one attached hydrogen (secondary N) is 1. The van der Waals surface area contributed by atoms with Gasteiger partial charge in [-0.15, -0.1) is 0 Å². The lowest BCUT2D eigenvalue weighted by molar-refractivity contribution is -0.137. The van der Waals surface area contributed by atoms with Gasteiger partial charge in [-0.25, -0.2) is 0 Å². The Bertz CT molecular complexity index is 436. The summed E-state index contributed by atoms with van der Waals surface area (Å²) in [5, 5.41) is 2.98. The lowest BCUT2D eigenvalue weighted by Crippen LogP contribution is -2.41. The Kier molecular flexibility index (Phi) is 3.71. The zero-order valence-corrected chi connectivity index (χ0v) is 9.76. The summed E-state index contributed by atoms with van der Waals surface area (Å²) in [4.78, 5) is 12.1. The standard InChI is InChI=1S/C13H14F3NO/c14-13(15,16)10-6-2-1-5-9(10)12(18)11-7-3-4-8-17-11/h1-2,5-6,11,17H,3-4,7-8H2. The van der Waals surface area contributed by atoms with Gasteiger partial charge in [0.15, 0.2) is 5.78 Å². The van der Waals surface area contributed by atoms with Gasteiger partial charge in [-0.2, -0.15) is 13.2 Å². The fraction of sp³-hybridized carbons (Fsp3) is 0.462. The topological polar surface area (TPSA) is 29.1 Å². The van der Waals surface area contributed by atoms with E-state index >= 15 is 0 Å². The van der Waals surface area contributed by atoms with E-state index in [1.807, 2.05) is 0 Å². The highest BCUT2D eigenvalue weighted by Gasteiger charge is 2.36. The molecule has 0 aromatic heterocycles. The first kappa shape index (κ1) is 13.1. The minimum absolute atomic E-state index is 0.232.